The largest absolute Gasteiger partial charge is 0.353 e. The van der Waals surface area contributed by atoms with E-state index in [0.717, 1.165) is 13.0 Å². The number of allylic oxidation sites excluding steroid dienone is 3. The lowest BCUT2D eigenvalue weighted by molar-refractivity contribution is -0.155. The molecule has 1 saturated heterocycles. The third-order valence-corrected chi connectivity index (χ3v) is 1.96. The van der Waals surface area contributed by atoms with Crippen molar-refractivity contribution in [1.82, 2.24) is 0 Å². The average Bonchev–Trinajstić information content (AvgIpc) is 2.19. The first-order valence-corrected chi connectivity index (χ1v) is 4.94. The van der Waals surface area contributed by atoms with E-state index in [2.05, 4.69) is 0 Å². The average molecular weight is 182 g/mol. The topological polar surface area (TPSA) is 18.5 Å². The van der Waals surface area contributed by atoms with Gasteiger partial charge in [0, 0.05) is 6.61 Å². The molecule has 0 amide bonds. The lowest BCUT2D eigenvalue weighted by Gasteiger charge is -2.21. The first-order valence-electron chi connectivity index (χ1n) is 4.94. The molecule has 1 rings (SSSR count). The summed E-state index contributed by atoms with van der Waals surface area (Å²) in [6.45, 7) is 3.49. The number of hydrogen-bond acceptors (Lipinski definition) is 2. The fraction of sp³-hybridized carbons (Fsp3) is 0.636. The van der Waals surface area contributed by atoms with E-state index in [1.165, 1.54) is 12.8 Å². The third-order valence-electron chi connectivity index (χ3n) is 1.96. The summed E-state index contributed by atoms with van der Waals surface area (Å²) in [7, 11) is 0. The lowest BCUT2D eigenvalue weighted by atomic mass is 10.2. The van der Waals surface area contributed by atoms with Crippen molar-refractivity contribution in [1.29, 1.82) is 0 Å². The molecule has 0 N–H and O–H groups in total. The molecular weight excluding hydrogens is 164 g/mol. The molecule has 74 valence electrons. The molecule has 0 aromatic heterocycles. The molecule has 0 radical (unpaired) electrons. The summed E-state index contributed by atoms with van der Waals surface area (Å²) in [5.74, 6) is 0. The highest BCUT2D eigenvalue weighted by Crippen LogP contribution is 2.13. The Morgan fingerprint density at radius 1 is 1.38 bits per heavy atom. The van der Waals surface area contributed by atoms with Gasteiger partial charge in [0.1, 0.15) is 0 Å². The van der Waals surface area contributed by atoms with E-state index in [1.807, 2.05) is 31.2 Å². The van der Waals surface area contributed by atoms with Gasteiger partial charge in [0.25, 0.3) is 0 Å². The van der Waals surface area contributed by atoms with Crippen molar-refractivity contribution in [3.63, 3.8) is 0 Å². The molecule has 1 atom stereocenters. The van der Waals surface area contributed by atoms with Gasteiger partial charge in [-0.3, -0.25) is 0 Å². The SMILES string of the molecule is C/C=C/C=C\COC1CCCCO1. The summed E-state index contributed by atoms with van der Waals surface area (Å²) in [5, 5.41) is 0. The Balaban J connectivity index is 2.04. The summed E-state index contributed by atoms with van der Waals surface area (Å²) in [6, 6.07) is 0. The Morgan fingerprint density at radius 3 is 3.00 bits per heavy atom. The minimum atomic E-state index is 0.0315. The van der Waals surface area contributed by atoms with Gasteiger partial charge < -0.3 is 9.47 Å². The Morgan fingerprint density at radius 2 is 2.31 bits per heavy atom. The summed E-state index contributed by atoms with van der Waals surface area (Å²) < 4.78 is 10.9. The molecule has 0 aliphatic carbocycles. The fourth-order valence-corrected chi connectivity index (χ4v) is 1.25. The molecule has 1 aliphatic heterocycles. The molecular formula is C11H18O2. The van der Waals surface area contributed by atoms with Crippen LogP contribution in [0.1, 0.15) is 26.2 Å². The van der Waals surface area contributed by atoms with Crippen LogP contribution in [0, 0.1) is 0 Å². The van der Waals surface area contributed by atoms with Crippen molar-refractivity contribution in [3.05, 3.63) is 24.3 Å². The highest BCUT2D eigenvalue weighted by atomic mass is 16.7. The van der Waals surface area contributed by atoms with Gasteiger partial charge in [0.2, 0.25) is 0 Å². The van der Waals surface area contributed by atoms with Crippen molar-refractivity contribution in [3.8, 4) is 0 Å². The van der Waals surface area contributed by atoms with Gasteiger partial charge in [-0.1, -0.05) is 24.3 Å². The monoisotopic (exact) mass is 182 g/mol. The maximum atomic E-state index is 5.49. The van der Waals surface area contributed by atoms with Crippen LogP contribution in [-0.4, -0.2) is 19.5 Å². The molecule has 1 heterocycles. The zero-order valence-electron chi connectivity index (χ0n) is 8.24. The standard InChI is InChI=1S/C11H18O2/c1-2-3-4-6-9-12-11-8-5-7-10-13-11/h2-4,6,11H,5,7-10H2,1H3/b3-2+,6-4-. The van der Waals surface area contributed by atoms with E-state index in [9.17, 15) is 0 Å². The second-order valence-electron chi connectivity index (χ2n) is 3.08. The van der Waals surface area contributed by atoms with E-state index in [4.69, 9.17) is 9.47 Å². The summed E-state index contributed by atoms with van der Waals surface area (Å²) in [4.78, 5) is 0. The number of hydrogen-bond donors (Lipinski definition) is 0. The fourth-order valence-electron chi connectivity index (χ4n) is 1.25. The minimum absolute atomic E-state index is 0.0315. The predicted molar refractivity (Wildman–Crippen MR) is 53.5 cm³/mol. The van der Waals surface area contributed by atoms with Crippen molar-refractivity contribution in [2.45, 2.75) is 32.5 Å². The third kappa shape index (κ3) is 4.86. The maximum absolute atomic E-state index is 5.49. The van der Waals surface area contributed by atoms with Gasteiger partial charge in [-0.25, -0.2) is 0 Å². The van der Waals surface area contributed by atoms with Crippen LogP contribution in [0.15, 0.2) is 24.3 Å². The van der Waals surface area contributed by atoms with E-state index in [-0.39, 0.29) is 6.29 Å². The maximum Gasteiger partial charge on any atom is 0.157 e. The Kier molecular flexibility index (Phi) is 5.54. The number of rotatable bonds is 4. The van der Waals surface area contributed by atoms with Crippen molar-refractivity contribution >= 4 is 0 Å². The van der Waals surface area contributed by atoms with Gasteiger partial charge in [-0.05, 0) is 26.2 Å². The first kappa shape index (κ1) is 10.5. The molecule has 1 fully saturated rings. The quantitative estimate of drug-likeness (QED) is 0.622. The summed E-state index contributed by atoms with van der Waals surface area (Å²) in [5.41, 5.74) is 0. The Hall–Kier alpha value is -0.600. The number of ether oxygens (including phenoxy) is 2. The van der Waals surface area contributed by atoms with Crippen LogP contribution >= 0.6 is 0 Å². The lowest BCUT2D eigenvalue weighted by Crippen LogP contribution is -2.22. The molecule has 0 saturated carbocycles. The van der Waals surface area contributed by atoms with Crippen molar-refractivity contribution < 1.29 is 9.47 Å². The van der Waals surface area contributed by atoms with Crippen LogP contribution in [0.2, 0.25) is 0 Å². The highest BCUT2D eigenvalue weighted by molar-refractivity contribution is 5.00. The molecule has 0 aromatic rings. The zero-order valence-corrected chi connectivity index (χ0v) is 8.24. The zero-order chi connectivity index (χ0) is 9.36. The summed E-state index contributed by atoms with van der Waals surface area (Å²) >= 11 is 0. The normalized spacial score (nSPS) is 24.5. The molecule has 0 bridgehead atoms. The van der Waals surface area contributed by atoms with E-state index in [1.54, 1.807) is 0 Å². The molecule has 1 unspecified atom stereocenters. The molecule has 1 aliphatic rings. The van der Waals surface area contributed by atoms with Crippen LogP contribution in [0.5, 0.6) is 0 Å². The van der Waals surface area contributed by atoms with E-state index >= 15 is 0 Å². The summed E-state index contributed by atoms with van der Waals surface area (Å²) in [6.07, 6.45) is 11.4. The van der Waals surface area contributed by atoms with Gasteiger partial charge >= 0.3 is 0 Å². The second kappa shape index (κ2) is 6.87. The van der Waals surface area contributed by atoms with Crippen molar-refractivity contribution in [2.24, 2.45) is 0 Å². The molecule has 0 spiro atoms. The highest BCUT2D eigenvalue weighted by Gasteiger charge is 2.12. The van der Waals surface area contributed by atoms with Crippen LogP contribution in [0.25, 0.3) is 0 Å². The molecule has 13 heavy (non-hydrogen) atoms. The van der Waals surface area contributed by atoms with E-state index < -0.39 is 0 Å². The van der Waals surface area contributed by atoms with Gasteiger partial charge in [0.15, 0.2) is 6.29 Å². The Labute approximate surface area is 80.2 Å². The van der Waals surface area contributed by atoms with Gasteiger partial charge in [0.05, 0.1) is 6.61 Å². The molecule has 0 aromatic carbocycles. The van der Waals surface area contributed by atoms with Gasteiger partial charge in [-0.2, -0.15) is 0 Å². The van der Waals surface area contributed by atoms with Crippen LogP contribution in [0.4, 0.5) is 0 Å². The molecule has 2 nitrogen and oxygen atoms in total. The van der Waals surface area contributed by atoms with Crippen LogP contribution in [0.3, 0.4) is 0 Å². The molecule has 2 heteroatoms. The van der Waals surface area contributed by atoms with Gasteiger partial charge in [-0.15, -0.1) is 0 Å². The van der Waals surface area contributed by atoms with Crippen LogP contribution in [-0.2, 0) is 9.47 Å². The van der Waals surface area contributed by atoms with Crippen LogP contribution < -0.4 is 0 Å². The van der Waals surface area contributed by atoms with E-state index in [0.29, 0.717) is 6.61 Å². The first-order chi connectivity index (χ1) is 6.43. The van der Waals surface area contributed by atoms with Crippen molar-refractivity contribution in [2.75, 3.05) is 13.2 Å². The second-order valence-corrected chi connectivity index (χ2v) is 3.08. The minimum Gasteiger partial charge on any atom is -0.353 e. The predicted octanol–water partition coefficient (Wildman–Crippen LogP) is 2.66. The Bertz CT molecular complexity index is 167. The smallest absolute Gasteiger partial charge is 0.157 e.